The molecule has 0 amide bonds. The Kier molecular flexibility index (Phi) is 9.56. The second-order valence-electron chi connectivity index (χ2n) is 9.08. The molecule has 166 valence electrons. The van der Waals surface area contributed by atoms with Gasteiger partial charge in [0, 0.05) is 5.92 Å². The maximum Gasteiger partial charge on any atom is 0.0339 e. The summed E-state index contributed by atoms with van der Waals surface area (Å²) in [5.41, 5.74) is 8.61. The molecule has 0 nitrogen and oxygen atoms in total. The van der Waals surface area contributed by atoms with Gasteiger partial charge in [0.05, 0.1) is 0 Å². The summed E-state index contributed by atoms with van der Waals surface area (Å²) in [4.78, 5) is 0. The lowest BCUT2D eigenvalue weighted by Gasteiger charge is -2.28. The van der Waals surface area contributed by atoms with Crippen molar-refractivity contribution in [3.8, 4) is 0 Å². The second-order valence-corrected chi connectivity index (χ2v) is 9.08. The summed E-state index contributed by atoms with van der Waals surface area (Å²) in [7, 11) is 0. The number of aryl methyl sites for hydroxylation is 3. The van der Waals surface area contributed by atoms with E-state index in [1.54, 1.807) is 0 Å². The van der Waals surface area contributed by atoms with Crippen LogP contribution in [0.3, 0.4) is 0 Å². The summed E-state index contributed by atoms with van der Waals surface area (Å²) >= 11 is 0. The molecule has 0 bridgehead atoms. The lowest BCUT2D eigenvalue weighted by atomic mass is 9.78. The molecular weight excluding hydrogens is 372 g/mol. The number of benzene rings is 3. The van der Waals surface area contributed by atoms with E-state index in [1.807, 2.05) is 0 Å². The van der Waals surface area contributed by atoms with E-state index in [2.05, 4.69) is 121 Å². The third-order valence-corrected chi connectivity index (χ3v) is 7.23. The van der Waals surface area contributed by atoms with Crippen LogP contribution in [0.5, 0.6) is 0 Å². The van der Waals surface area contributed by atoms with Crippen molar-refractivity contribution < 1.29 is 0 Å². The summed E-state index contributed by atoms with van der Waals surface area (Å²) in [5.74, 6) is 0.293. The standard InChI is InChI=1S/C22H22.C9H20/c1-16-4-10-19(11-5-16)22(20-12-6-17(2)7-13-20)21-14-8-18(3)9-15-21;1-5-9(6-2,7-3)8-4/h4-15,22H,1-3H3;5-8H2,1-4H3. The van der Waals surface area contributed by atoms with Crippen LogP contribution in [0.1, 0.15) is 92.7 Å². The zero-order valence-corrected chi connectivity index (χ0v) is 20.8. The van der Waals surface area contributed by atoms with Crippen molar-refractivity contribution in [1.82, 2.24) is 0 Å². The molecule has 0 heteroatoms. The first-order chi connectivity index (χ1) is 14.9. The van der Waals surface area contributed by atoms with Gasteiger partial charge in [0.1, 0.15) is 0 Å². The van der Waals surface area contributed by atoms with Gasteiger partial charge in [-0.15, -0.1) is 0 Å². The number of hydrogen-bond donors (Lipinski definition) is 0. The number of rotatable bonds is 7. The Morgan fingerprint density at radius 3 is 0.839 bits per heavy atom. The molecule has 3 rings (SSSR count). The maximum atomic E-state index is 2.30. The van der Waals surface area contributed by atoms with E-state index < -0.39 is 0 Å². The molecule has 31 heavy (non-hydrogen) atoms. The summed E-state index contributed by atoms with van der Waals surface area (Å²) < 4.78 is 0. The Balaban J connectivity index is 0.000000323. The Hall–Kier alpha value is -2.34. The first kappa shape index (κ1) is 24.9. The van der Waals surface area contributed by atoms with Gasteiger partial charge in [-0.3, -0.25) is 0 Å². The van der Waals surface area contributed by atoms with Crippen LogP contribution in [0.4, 0.5) is 0 Å². The minimum absolute atomic E-state index is 0.293. The molecular formula is C31H42. The van der Waals surface area contributed by atoms with Crippen molar-refractivity contribution in [2.75, 3.05) is 0 Å². The van der Waals surface area contributed by atoms with Gasteiger partial charge in [0.2, 0.25) is 0 Å². The minimum atomic E-state index is 0.293. The van der Waals surface area contributed by atoms with Crippen molar-refractivity contribution in [2.24, 2.45) is 5.41 Å². The lowest BCUT2D eigenvalue weighted by molar-refractivity contribution is 0.240. The normalized spacial score (nSPS) is 11.2. The molecule has 0 N–H and O–H groups in total. The first-order valence-electron chi connectivity index (χ1n) is 12.1. The average Bonchev–Trinajstić information content (AvgIpc) is 2.80. The second kappa shape index (κ2) is 11.9. The molecule has 0 atom stereocenters. The molecule has 0 heterocycles. The molecule has 0 spiro atoms. The fourth-order valence-electron chi connectivity index (χ4n) is 4.35. The van der Waals surface area contributed by atoms with Crippen LogP contribution in [-0.2, 0) is 0 Å². The average molecular weight is 415 g/mol. The summed E-state index contributed by atoms with van der Waals surface area (Å²) in [6.45, 7) is 15.6. The molecule has 0 saturated heterocycles. The van der Waals surface area contributed by atoms with Crippen molar-refractivity contribution in [1.29, 1.82) is 0 Å². The molecule has 0 radical (unpaired) electrons. The predicted octanol–water partition coefficient (Wildman–Crippen LogP) is 9.40. The quantitative estimate of drug-likeness (QED) is 0.338. The molecule has 0 aliphatic carbocycles. The Labute approximate surface area is 191 Å². The van der Waals surface area contributed by atoms with Crippen LogP contribution in [0.15, 0.2) is 72.8 Å². The van der Waals surface area contributed by atoms with Crippen molar-refractivity contribution in [3.05, 3.63) is 106 Å². The van der Waals surface area contributed by atoms with Crippen LogP contribution in [0.25, 0.3) is 0 Å². The fourth-order valence-corrected chi connectivity index (χ4v) is 4.35. The van der Waals surface area contributed by atoms with E-state index in [4.69, 9.17) is 0 Å². The zero-order chi connectivity index (χ0) is 22.9. The molecule has 0 aliphatic rings. The van der Waals surface area contributed by atoms with E-state index in [-0.39, 0.29) is 0 Å². The van der Waals surface area contributed by atoms with Gasteiger partial charge in [0.25, 0.3) is 0 Å². The first-order valence-corrected chi connectivity index (χ1v) is 12.1. The van der Waals surface area contributed by atoms with Crippen LogP contribution in [0.2, 0.25) is 0 Å². The van der Waals surface area contributed by atoms with E-state index in [9.17, 15) is 0 Å². The zero-order valence-electron chi connectivity index (χ0n) is 20.8. The molecule has 0 aromatic heterocycles. The molecule has 0 fully saturated rings. The van der Waals surface area contributed by atoms with Crippen LogP contribution < -0.4 is 0 Å². The lowest BCUT2D eigenvalue weighted by Crippen LogP contribution is -2.15. The van der Waals surface area contributed by atoms with Crippen LogP contribution in [0, 0.1) is 26.2 Å². The maximum absolute atomic E-state index is 2.30. The smallest absolute Gasteiger partial charge is 0.0339 e. The molecule has 3 aromatic carbocycles. The highest BCUT2D eigenvalue weighted by atomic mass is 14.3. The van der Waals surface area contributed by atoms with Crippen LogP contribution in [-0.4, -0.2) is 0 Å². The number of hydrogen-bond acceptors (Lipinski definition) is 0. The van der Waals surface area contributed by atoms with Crippen LogP contribution >= 0.6 is 0 Å². The summed E-state index contributed by atoms with van der Waals surface area (Å²) in [6, 6.07) is 26.7. The van der Waals surface area contributed by atoms with E-state index in [1.165, 1.54) is 59.1 Å². The third-order valence-electron chi connectivity index (χ3n) is 7.23. The molecule has 0 saturated carbocycles. The van der Waals surface area contributed by atoms with Gasteiger partial charge < -0.3 is 0 Å². The van der Waals surface area contributed by atoms with Gasteiger partial charge in [-0.2, -0.15) is 0 Å². The third kappa shape index (κ3) is 6.82. The van der Waals surface area contributed by atoms with E-state index in [0.717, 1.165) is 0 Å². The SMILES string of the molecule is CCC(CC)(CC)CC.Cc1ccc(C(c2ccc(C)cc2)c2ccc(C)cc2)cc1. The van der Waals surface area contributed by atoms with Crippen molar-refractivity contribution >= 4 is 0 Å². The van der Waals surface area contributed by atoms with Gasteiger partial charge in [-0.05, 0) is 42.9 Å². The highest BCUT2D eigenvalue weighted by Gasteiger charge is 2.20. The highest BCUT2D eigenvalue weighted by molar-refractivity contribution is 5.44. The topological polar surface area (TPSA) is 0 Å². The fraction of sp³-hybridized carbons (Fsp3) is 0.419. The monoisotopic (exact) mass is 414 g/mol. The van der Waals surface area contributed by atoms with E-state index >= 15 is 0 Å². The van der Waals surface area contributed by atoms with Gasteiger partial charge >= 0.3 is 0 Å². The van der Waals surface area contributed by atoms with Crippen molar-refractivity contribution in [2.45, 2.75) is 80.1 Å². The minimum Gasteiger partial charge on any atom is -0.0649 e. The molecule has 0 unspecified atom stereocenters. The summed E-state index contributed by atoms with van der Waals surface area (Å²) in [5, 5.41) is 0. The molecule has 3 aromatic rings. The van der Waals surface area contributed by atoms with Gasteiger partial charge in [0.15, 0.2) is 0 Å². The van der Waals surface area contributed by atoms with Gasteiger partial charge in [-0.1, -0.05) is 143 Å². The Bertz CT molecular complexity index is 753. The highest BCUT2D eigenvalue weighted by Crippen LogP contribution is 2.34. The van der Waals surface area contributed by atoms with Gasteiger partial charge in [-0.25, -0.2) is 0 Å². The summed E-state index contributed by atoms with van der Waals surface area (Å²) in [6.07, 6.45) is 5.38. The Morgan fingerprint density at radius 2 is 0.677 bits per heavy atom. The van der Waals surface area contributed by atoms with Crippen molar-refractivity contribution in [3.63, 3.8) is 0 Å². The predicted molar refractivity (Wildman–Crippen MR) is 138 cm³/mol. The largest absolute Gasteiger partial charge is 0.0649 e. The van der Waals surface area contributed by atoms with E-state index in [0.29, 0.717) is 11.3 Å². The molecule has 0 aliphatic heterocycles. The Morgan fingerprint density at radius 1 is 0.452 bits per heavy atom.